The Hall–Kier alpha value is 0.340. The normalized spacial score (nSPS) is 12.2. The topological polar surface area (TPSA) is 34.1 Å². The molecule has 0 atom stereocenters. The highest BCUT2D eigenvalue weighted by Crippen LogP contribution is 2.52. The molecule has 0 aliphatic carbocycles. The maximum absolute atomic E-state index is 11.6. The Morgan fingerprint density at radius 1 is 0.420 bits per heavy atom. The first-order valence-electron chi connectivity index (χ1n) is 15.2. The van der Waals surface area contributed by atoms with Crippen LogP contribution in [0, 0.1) is 41.5 Å². The molecule has 0 heterocycles. The molecule has 50 heavy (non-hydrogen) atoms. The first-order chi connectivity index (χ1) is 21.4. The summed E-state index contributed by atoms with van der Waals surface area (Å²) in [6.07, 6.45) is 0. The second-order valence-corrected chi connectivity index (χ2v) is 22.0. The number of rotatable bonds is 4. The van der Waals surface area contributed by atoms with Gasteiger partial charge in [-0.25, -0.2) is 8.42 Å². The lowest BCUT2D eigenvalue weighted by molar-refractivity contribution is 0.587. The van der Waals surface area contributed by atoms with E-state index in [1.807, 2.05) is 20.8 Å². The number of hydrogen-bond acceptors (Lipinski definition) is 4. The van der Waals surface area contributed by atoms with Crippen LogP contribution < -0.4 is 0 Å². The highest BCUT2D eigenvalue weighted by atomic mass is 35.7. The third-order valence-electron chi connectivity index (χ3n) is 8.04. The summed E-state index contributed by atoms with van der Waals surface area (Å²) in [7, 11) is 4.89. The molecule has 284 valence electrons. The zero-order chi connectivity index (χ0) is 37.8. The minimum atomic E-state index is -3.87. The summed E-state index contributed by atoms with van der Waals surface area (Å²) in [5.74, 6) is 0. The smallest absolute Gasteiger partial charge is 0.207 e. The average Bonchev–Trinajstić information content (AvgIpc) is 2.89. The van der Waals surface area contributed by atoms with Gasteiger partial charge in [0.05, 0.1) is 14.9 Å². The molecule has 3 aromatic rings. The minimum absolute atomic E-state index is 0. The summed E-state index contributed by atoms with van der Waals surface area (Å²) in [6, 6.07) is 0. The molecule has 0 aliphatic heterocycles. The monoisotopic (exact) mass is 882 g/mol. The molecule has 2 nitrogen and oxygen atoms in total. The van der Waals surface area contributed by atoms with Crippen LogP contribution in [0.1, 0.15) is 127 Å². The van der Waals surface area contributed by atoms with Gasteiger partial charge in [-0.2, -0.15) is 0 Å². The molecule has 3 rings (SSSR count). The second kappa shape index (κ2) is 17.9. The van der Waals surface area contributed by atoms with Crippen molar-refractivity contribution >= 4 is 111 Å². The van der Waals surface area contributed by atoms with Crippen LogP contribution in [0.4, 0.5) is 0 Å². The molecule has 0 N–H and O–H groups in total. The summed E-state index contributed by atoms with van der Waals surface area (Å²) in [5.41, 5.74) is 7.32. The molecule has 0 fully saturated rings. The maximum atomic E-state index is 11.6. The van der Waals surface area contributed by atoms with Gasteiger partial charge in [0.2, 0.25) is 0 Å². The van der Waals surface area contributed by atoms with Crippen molar-refractivity contribution in [3.05, 3.63) is 80.2 Å². The molecule has 0 unspecified atom stereocenters. The second-order valence-electron chi connectivity index (χ2n) is 15.1. The highest BCUT2D eigenvalue weighted by molar-refractivity contribution is 8.76. The van der Waals surface area contributed by atoms with Crippen molar-refractivity contribution in [3.63, 3.8) is 0 Å². The van der Waals surface area contributed by atoms with Crippen LogP contribution >= 0.6 is 102 Å². The number of hydrogen-bond donors (Lipinski definition) is 0. The van der Waals surface area contributed by atoms with E-state index in [2.05, 4.69) is 69.2 Å². The fraction of sp³-hybridized carbons (Fsp3) is 0.526. The fourth-order valence-corrected chi connectivity index (χ4v) is 13.6. The number of benzene rings is 3. The Bertz CT molecular complexity index is 1700. The Labute approximate surface area is 346 Å². The molecule has 0 amide bonds. The Kier molecular flexibility index (Phi) is 18.0. The molecule has 3 aromatic carbocycles. The molecule has 0 aromatic heterocycles. The van der Waals surface area contributed by atoms with E-state index in [0.717, 1.165) is 68.8 Å². The summed E-state index contributed by atoms with van der Waals surface area (Å²) >= 11 is 39.6. The van der Waals surface area contributed by atoms with E-state index < -0.39 is 9.05 Å². The Morgan fingerprint density at radius 2 is 0.600 bits per heavy atom. The lowest BCUT2D eigenvalue weighted by Crippen LogP contribution is -2.16. The Morgan fingerprint density at radius 3 is 0.760 bits per heavy atom. The van der Waals surface area contributed by atoms with Gasteiger partial charge in [-0.1, -0.05) is 168 Å². The van der Waals surface area contributed by atoms with Crippen LogP contribution in [-0.4, -0.2) is 8.42 Å². The van der Waals surface area contributed by atoms with Crippen LogP contribution in [0.2, 0.25) is 30.1 Å². The van der Waals surface area contributed by atoms with Gasteiger partial charge in [0, 0.05) is 40.6 Å². The van der Waals surface area contributed by atoms with Crippen LogP contribution in [0.5, 0.6) is 0 Å². The molecular weight excluding hydrogens is 833 g/mol. The first kappa shape index (κ1) is 50.3. The molecule has 0 radical (unpaired) electrons. The zero-order valence-electron chi connectivity index (χ0n) is 30.2. The molecule has 0 aliphatic rings. The van der Waals surface area contributed by atoms with Crippen LogP contribution in [-0.2, 0) is 25.3 Å². The van der Waals surface area contributed by atoms with Gasteiger partial charge in [-0.3, -0.25) is 0 Å². The van der Waals surface area contributed by atoms with Crippen molar-refractivity contribution in [3.8, 4) is 0 Å². The highest BCUT2D eigenvalue weighted by Gasteiger charge is 2.31. The van der Waals surface area contributed by atoms with Crippen LogP contribution in [0.25, 0.3) is 0 Å². The standard InChI is InChI=1S/C24H30Cl4S2.C12H15Cl3O2S.2CH4/c1-11-17(25)15(23(5,6)7)18(26)12(2)21(11)29-30-22-13(3)19(27)16(24(8,9)10)20(28)14(22)4;1-6-9(13)8(12(3,4)5)10(14)7(2)11(6)18(15,16)17;;/h1-10H3;1-5H3;2*1H4. The van der Waals surface area contributed by atoms with Gasteiger partial charge in [0.15, 0.2) is 0 Å². The van der Waals surface area contributed by atoms with E-state index in [9.17, 15) is 8.42 Å². The van der Waals surface area contributed by atoms with Gasteiger partial charge >= 0.3 is 0 Å². The van der Waals surface area contributed by atoms with E-state index in [1.165, 1.54) is 0 Å². The van der Waals surface area contributed by atoms with Crippen LogP contribution in [0.15, 0.2) is 14.7 Å². The van der Waals surface area contributed by atoms with Crippen LogP contribution in [0.3, 0.4) is 0 Å². The molecule has 0 spiro atoms. The lowest BCUT2D eigenvalue weighted by Gasteiger charge is -2.27. The average molecular weight is 886 g/mol. The lowest BCUT2D eigenvalue weighted by atomic mass is 9.85. The summed E-state index contributed by atoms with van der Waals surface area (Å²) in [6.45, 7) is 30.2. The third-order valence-corrected chi connectivity index (χ3v) is 15.3. The minimum Gasteiger partial charge on any atom is -0.207 e. The quantitative estimate of drug-likeness (QED) is 0.193. The van der Waals surface area contributed by atoms with Crippen molar-refractivity contribution in [1.82, 2.24) is 0 Å². The summed E-state index contributed by atoms with van der Waals surface area (Å²) in [5, 5.41) is 3.69. The molecule has 0 saturated heterocycles. The summed E-state index contributed by atoms with van der Waals surface area (Å²) in [4.78, 5) is 2.19. The van der Waals surface area contributed by atoms with Gasteiger partial charge in [-0.05, 0) is 108 Å². The Balaban J connectivity index is 0.00000104. The van der Waals surface area contributed by atoms with E-state index in [0.29, 0.717) is 21.2 Å². The molecular formula is C38H53Cl7O2S3. The first-order valence-corrected chi connectivity index (χ1v) is 21.9. The van der Waals surface area contributed by atoms with E-state index in [4.69, 9.17) is 80.3 Å². The van der Waals surface area contributed by atoms with Crippen molar-refractivity contribution in [2.45, 2.75) is 150 Å². The van der Waals surface area contributed by atoms with Gasteiger partial charge < -0.3 is 0 Å². The SMILES string of the molecule is C.C.Cc1c(Cl)c(C(C)(C)C)c(Cl)c(C)c1S(=O)(=O)Cl.Cc1c(Cl)c(C(C)(C)C)c(Cl)c(C)c1SSc1c(C)c(Cl)c(C(C)(C)C)c(Cl)c1C. The van der Waals surface area contributed by atoms with Gasteiger partial charge in [-0.15, -0.1) is 0 Å². The van der Waals surface area contributed by atoms with Gasteiger partial charge in [0.25, 0.3) is 9.05 Å². The van der Waals surface area contributed by atoms with E-state index in [-0.39, 0.29) is 36.0 Å². The van der Waals surface area contributed by atoms with E-state index >= 15 is 0 Å². The largest absolute Gasteiger partial charge is 0.261 e. The van der Waals surface area contributed by atoms with Crippen molar-refractivity contribution in [2.75, 3.05) is 0 Å². The van der Waals surface area contributed by atoms with Crippen molar-refractivity contribution in [2.24, 2.45) is 0 Å². The zero-order valence-corrected chi connectivity index (χ0v) is 37.9. The van der Waals surface area contributed by atoms with Crippen molar-refractivity contribution in [1.29, 1.82) is 0 Å². The van der Waals surface area contributed by atoms with E-state index in [1.54, 1.807) is 35.4 Å². The predicted molar refractivity (Wildman–Crippen MR) is 232 cm³/mol. The molecule has 0 saturated carbocycles. The molecule has 12 heteroatoms. The maximum Gasteiger partial charge on any atom is 0.261 e. The predicted octanol–water partition coefficient (Wildman–Crippen LogP) is 17.0. The molecule has 0 bridgehead atoms. The third kappa shape index (κ3) is 10.5. The number of halogens is 7. The summed E-state index contributed by atoms with van der Waals surface area (Å²) < 4.78 is 23.2. The van der Waals surface area contributed by atoms with Gasteiger partial charge in [0.1, 0.15) is 0 Å². The van der Waals surface area contributed by atoms with Crippen molar-refractivity contribution < 1.29 is 8.42 Å². The fourth-order valence-electron chi connectivity index (χ4n) is 5.53.